The van der Waals surface area contributed by atoms with E-state index in [4.69, 9.17) is 4.74 Å². The number of guanidine groups is 1. The molecular weight excluding hydrogens is 409 g/mol. The molecule has 0 spiro atoms. The molecule has 0 amide bonds. The number of sulfonamides is 1. The van der Waals surface area contributed by atoms with Crippen LogP contribution in [0.15, 0.2) is 29.3 Å². The molecule has 0 radical (unpaired) electrons. The van der Waals surface area contributed by atoms with Gasteiger partial charge in [0.1, 0.15) is 11.9 Å². The maximum atomic E-state index is 12.7. The first-order valence-corrected chi connectivity index (χ1v) is 10.7. The number of aliphatic imine (C=N–C) groups is 1. The number of nitrogens with zero attached hydrogens (tertiary/aromatic N) is 2. The number of para-hydroxylation sites is 1. The van der Waals surface area contributed by atoms with Crippen LogP contribution in [0.2, 0.25) is 0 Å². The maximum Gasteiger partial charge on any atom is 0.511 e. The predicted octanol–water partition coefficient (Wildman–Crippen LogP) is 2.24. The largest absolute Gasteiger partial charge is 0.511 e. The van der Waals surface area contributed by atoms with Crippen molar-refractivity contribution in [3.63, 3.8) is 0 Å². The first kappa shape index (κ1) is 23.3. The molecule has 1 unspecified atom stereocenters. The van der Waals surface area contributed by atoms with Crippen LogP contribution in [-0.4, -0.2) is 63.0 Å². The van der Waals surface area contributed by atoms with Crippen molar-refractivity contribution in [2.24, 2.45) is 4.99 Å². The molecule has 1 aromatic carbocycles. The number of benzene rings is 1. The van der Waals surface area contributed by atoms with E-state index in [9.17, 15) is 21.6 Å². The first-order valence-electron chi connectivity index (χ1n) is 9.30. The quantitative estimate of drug-likeness (QED) is 0.528. The van der Waals surface area contributed by atoms with Gasteiger partial charge in [-0.25, -0.2) is 8.42 Å². The molecule has 0 aliphatic carbocycles. The summed E-state index contributed by atoms with van der Waals surface area (Å²) in [6.07, 6.45) is 0.365. The molecule has 0 bridgehead atoms. The molecular formula is C18H27F3N4O3S. The van der Waals surface area contributed by atoms with E-state index in [0.717, 1.165) is 11.3 Å². The number of aryl methyl sites for hydroxylation is 1. The van der Waals surface area contributed by atoms with E-state index in [-0.39, 0.29) is 38.1 Å². The Morgan fingerprint density at radius 2 is 1.93 bits per heavy atom. The smallest absolute Gasteiger partial charge is 0.489 e. The summed E-state index contributed by atoms with van der Waals surface area (Å²) < 4.78 is 67.3. The SMILES string of the molecule is CN=C(NCC(C)Oc1ccccc1C)NC1CCN(S(=O)(=O)C(F)(F)F)CC1. The normalized spacial score (nSPS) is 18.3. The van der Waals surface area contributed by atoms with E-state index in [1.54, 1.807) is 7.05 Å². The zero-order valence-electron chi connectivity index (χ0n) is 16.7. The molecule has 1 fully saturated rings. The lowest BCUT2D eigenvalue weighted by atomic mass is 10.1. The summed E-state index contributed by atoms with van der Waals surface area (Å²) in [5, 5.41) is 6.25. The topological polar surface area (TPSA) is 83.0 Å². The third-order valence-electron chi connectivity index (χ3n) is 4.63. The molecule has 7 nitrogen and oxygen atoms in total. The van der Waals surface area contributed by atoms with Crippen molar-refractivity contribution in [3.8, 4) is 5.75 Å². The number of alkyl halides is 3. The minimum absolute atomic E-state index is 0.145. The Morgan fingerprint density at radius 3 is 2.48 bits per heavy atom. The Labute approximate surface area is 169 Å². The van der Waals surface area contributed by atoms with Crippen molar-refractivity contribution >= 4 is 16.0 Å². The highest BCUT2D eigenvalue weighted by molar-refractivity contribution is 7.90. The summed E-state index contributed by atoms with van der Waals surface area (Å²) in [5.41, 5.74) is -4.24. The van der Waals surface area contributed by atoms with Gasteiger partial charge in [0.15, 0.2) is 5.96 Å². The molecule has 2 N–H and O–H groups in total. The molecule has 1 aliphatic rings. The van der Waals surface area contributed by atoms with Crippen LogP contribution >= 0.6 is 0 Å². The fraction of sp³-hybridized carbons (Fsp3) is 0.611. The van der Waals surface area contributed by atoms with Gasteiger partial charge in [-0.15, -0.1) is 0 Å². The van der Waals surface area contributed by atoms with Gasteiger partial charge in [-0.05, 0) is 38.3 Å². The Bertz CT molecular complexity index is 807. The molecule has 1 aliphatic heterocycles. The molecule has 29 heavy (non-hydrogen) atoms. The van der Waals surface area contributed by atoms with Gasteiger partial charge in [0.05, 0.1) is 6.54 Å². The fourth-order valence-electron chi connectivity index (χ4n) is 2.96. The monoisotopic (exact) mass is 436 g/mol. The lowest BCUT2D eigenvalue weighted by Crippen LogP contribution is -2.52. The molecule has 1 saturated heterocycles. The Balaban J connectivity index is 1.80. The van der Waals surface area contributed by atoms with Gasteiger partial charge in [-0.2, -0.15) is 17.5 Å². The summed E-state index contributed by atoms with van der Waals surface area (Å²) in [6.45, 7) is 3.95. The molecule has 11 heteroatoms. The van der Waals surface area contributed by atoms with Gasteiger partial charge >= 0.3 is 15.5 Å². The summed E-state index contributed by atoms with van der Waals surface area (Å²) in [5.74, 6) is 1.28. The summed E-state index contributed by atoms with van der Waals surface area (Å²) in [7, 11) is -3.68. The Morgan fingerprint density at radius 1 is 1.31 bits per heavy atom. The van der Waals surface area contributed by atoms with Crippen molar-refractivity contribution < 1.29 is 26.3 Å². The molecule has 164 valence electrons. The Kier molecular flexibility index (Phi) is 7.75. The van der Waals surface area contributed by atoms with Crippen LogP contribution in [0, 0.1) is 6.92 Å². The third kappa shape index (κ3) is 6.23. The lowest BCUT2D eigenvalue weighted by molar-refractivity contribution is -0.0494. The van der Waals surface area contributed by atoms with Crippen molar-refractivity contribution in [1.29, 1.82) is 0 Å². The second-order valence-electron chi connectivity index (χ2n) is 6.92. The van der Waals surface area contributed by atoms with Crippen molar-refractivity contribution in [3.05, 3.63) is 29.8 Å². The average molecular weight is 437 g/mol. The highest BCUT2D eigenvalue weighted by Crippen LogP contribution is 2.28. The molecule has 1 aromatic rings. The number of piperidine rings is 1. The lowest BCUT2D eigenvalue weighted by Gasteiger charge is -2.32. The highest BCUT2D eigenvalue weighted by Gasteiger charge is 2.50. The van der Waals surface area contributed by atoms with Gasteiger partial charge in [0.2, 0.25) is 0 Å². The summed E-state index contributed by atoms with van der Waals surface area (Å²) >= 11 is 0. The van der Waals surface area contributed by atoms with E-state index < -0.39 is 15.5 Å². The minimum atomic E-state index is -5.27. The Hall–Kier alpha value is -2.01. The van der Waals surface area contributed by atoms with Crippen molar-refractivity contribution in [2.75, 3.05) is 26.7 Å². The van der Waals surface area contributed by atoms with Crippen LogP contribution in [0.1, 0.15) is 25.3 Å². The number of hydrogen-bond donors (Lipinski definition) is 2. The van der Waals surface area contributed by atoms with Crippen LogP contribution in [0.25, 0.3) is 0 Å². The first-order chi connectivity index (χ1) is 13.5. The second-order valence-corrected chi connectivity index (χ2v) is 8.84. The van der Waals surface area contributed by atoms with E-state index in [2.05, 4.69) is 15.6 Å². The number of ether oxygens (including phenoxy) is 1. The molecule has 1 heterocycles. The van der Waals surface area contributed by atoms with Gasteiger partial charge in [0.25, 0.3) is 0 Å². The average Bonchev–Trinajstić information content (AvgIpc) is 2.66. The molecule has 1 atom stereocenters. The molecule has 0 aromatic heterocycles. The third-order valence-corrected chi connectivity index (χ3v) is 6.26. The van der Waals surface area contributed by atoms with Gasteiger partial charge in [0, 0.05) is 26.2 Å². The number of nitrogens with one attached hydrogen (secondary N) is 2. The minimum Gasteiger partial charge on any atom is -0.489 e. The molecule has 0 saturated carbocycles. The van der Waals surface area contributed by atoms with Crippen LogP contribution in [0.3, 0.4) is 0 Å². The predicted molar refractivity (Wildman–Crippen MR) is 105 cm³/mol. The summed E-state index contributed by atoms with van der Waals surface area (Å²) in [6, 6.07) is 7.51. The number of halogens is 3. The highest BCUT2D eigenvalue weighted by atomic mass is 32.2. The van der Waals surface area contributed by atoms with Gasteiger partial charge in [-0.3, -0.25) is 4.99 Å². The number of rotatable bonds is 6. The summed E-state index contributed by atoms with van der Waals surface area (Å²) in [4.78, 5) is 4.11. The number of hydrogen-bond acceptors (Lipinski definition) is 4. The van der Waals surface area contributed by atoms with Gasteiger partial charge in [-0.1, -0.05) is 18.2 Å². The standard InChI is InChI=1S/C18H27F3N4O3S/c1-13-6-4-5-7-16(13)28-14(2)12-23-17(22-3)24-15-8-10-25(11-9-15)29(26,27)18(19,20)21/h4-7,14-15H,8-12H2,1-3H3,(H2,22,23,24). The van der Waals surface area contributed by atoms with Crippen LogP contribution in [0.5, 0.6) is 5.75 Å². The van der Waals surface area contributed by atoms with Crippen LogP contribution < -0.4 is 15.4 Å². The van der Waals surface area contributed by atoms with Gasteiger partial charge < -0.3 is 15.4 Å². The zero-order chi connectivity index (χ0) is 21.7. The second kappa shape index (κ2) is 9.66. The van der Waals surface area contributed by atoms with Crippen molar-refractivity contribution in [2.45, 2.75) is 44.3 Å². The maximum absolute atomic E-state index is 12.7. The van der Waals surface area contributed by atoms with E-state index >= 15 is 0 Å². The van der Waals surface area contributed by atoms with Crippen LogP contribution in [0.4, 0.5) is 13.2 Å². The van der Waals surface area contributed by atoms with Crippen LogP contribution in [-0.2, 0) is 10.0 Å². The van der Waals surface area contributed by atoms with E-state index in [1.165, 1.54) is 0 Å². The van der Waals surface area contributed by atoms with Crippen molar-refractivity contribution in [1.82, 2.24) is 14.9 Å². The fourth-order valence-corrected chi connectivity index (χ4v) is 3.95. The van der Waals surface area contributed by atoms with E-state index in [0.29, 0.717) is 16.8 Å². The van der Waals surface area contributed by atoms with E-state index in [1.807, 2.05) is 38.1 Å². The molecule has 2 rings (SSSR count). The zero-order valence-corrected chi connectivity index (χ0v) is 17.5.